The number of nitrogens with zero attached hydrogens (tertiary/aromatic N) is 1. The molecule has 0 saturated carbocycles. The van der Waals surface area contributed by atoms with E-state index >= 15 is 0 Å². The number of para-hydroxylation sites is 1. The van der Waals surface area contributed by atoms with E-state index < -0.39 is 0 Å². The van der Waals surface area contributed by atoms with Gasteiger partial charge in [0.25, 0.3) is 0 Å². The van der Waals surface area contributed by atoms with Gasteiger partial charge in [-0.15, -0.1) is 0 Å². The highest BCUT2D eigenvalue weighted by molar-refractivity contribution is 9.10. The Labute approximate surface area is 135 Å². The lowest BCUT2D eigenvalue weighted by Gasteiger charge is -2.09. The van der Waals surface area contributed by atoms with Gasteiger partial charge < -0.3 is 9.88 Å². The maximum absolute atomic E-state index is 12.2. The van der Waals surface area contributed by atoms with Gasteiger partial charge in [0, 0.05) is 26.6 Å². The summed E-state index contributed by atoms with van der Waals surface area (Å²) in [6.07, 6.45) is 1.87. The predicted molar refractivity (Wildman–Crippen MR) is 89.7 cm³/mol. The number of benzene rings is 2. The molecular formula is C16H12BrClN2O. The maximum Gasteiger partial charge on any atom is 0.244 e. The van der Waals surface area contributed by atoms with Crippen molar-refractivity contribution < 1.29 is 4.79 Å². The van der Waals surface area contributed by atoms with Gasteiger partial charge in [0.05, 0.1) is 5.69 Å². The van der Waals surface area contributed by atoms with Crippen molar-refractivity contribution in [2.24, 2.45) is 0 Å². The lowest BCUT2D eigenvalue weighted by atomic mass is 10.2. The fourth-order valence-electron chi connectivity index (χ4n) is 2.23. The van der Waals surface area contributed by atoms with Crippen LogP contribution < -0.4 is 5.32 Å². The molecule has 0 aliphatic heterocycles. The van der Waals surface area contributed by atoms with Crippen LogP contribution in [0.3, 0.4) is 0 Å². The fraction of sp³-hybridized carbons (Fsp3) is 0.0625. The molecule has 106 valence electrons. The number of rotatable bonds is 3. The Kier molecular flexibility index (Phi) is 3.99. The van der Waals surface area contributed by atoms with Crippen molar-refractivity contribution in [3.8, 4) is 0 Å². The van der Waals surface area contributed by atoms with E-state index in [9.17, 15) is 4.79 Å². The van der Waals surface area contributed by atoms with Crippen LogP contribution in [-0.4, -0.2) is 10.5 Å². The molecule has 0 atom stereocenters. The van der Waals surface area contributed by atoms with Gasteiger partial charge in [-0.25, -0.2) is 0 Å². The number of carbonyl (C=O) groups excluding carboxylic acids is 1. The van der Waals surface area contributed by atoms with E-state index in [4.69, 9.17) is 11.6 Å². The number of fused-ring (bicyclic) bond motifs is 1. The Morgan fingerprint density at radius 2 is 1.95 bits per heavy atom. The van der Waals surface area contributed by atoms with Crippen LogP contribution in [0.2, 0.25) is 5.02 Å². The molecule has 1 amide bonds. The number of carbonyl (C=O) groups is 1. The summed E-state index contributed by atoms with van der Waals surface area (Å²) in [4.78, 5) is 12.2. The van der Waals surface area contributed by atoms with Crippen LogP contribution in [0.4, 0.5) is 5.69 Å². The van der Waals surface area contributed by atoms with Gasteiger partial charge in [-0.3, -0.25) is 4.79 Å². The first-order valence-corrected chi connectivity index (χ1v) is 7.60. The van der Waals surface area contributed by atoms with E-state index in [1.165, 1.54) is 0 Å². The van der Waals surface area contributed by atoms with Crippen molar-refractivity contribution in [1.29, 1.82) is 0 Å². The number of aromatic nitrogens is 1. The zero-order chi connectivity index (χ0) is 14.8. The number of halogens is 2. The van der Waals surface area contributed by atoms with Crippen molar-refractivity contribution in [1.82, 2.24) is 4.57 Å². The van der Waals surface area contributed by atoms with Crippen LogP contribution in [-0.2, 0) is 11.3 Å². The van der Waals surface area contributed by atoms with Gasteiger partial charge in [-0.1, -0.05) is 29.8 Å². The average Bonchev–Trinajstić information content (AvgIpc) is 2.86. The molecule has 0 spiro atoms. The molecule has 3 aromatic rings. The smallest absolute Gasteiger partial charge is 0.244 e. The fourth-order valence-corrected chi connectivity index (χ4v) is 2.85. The van der Waals surface area contributed by atoms with Gasteiger partial charge in [-0.05, 0) is 46.3 Å². The number of nitrogens with one attached hydrogen (secondary N) is 1. The lowest BCUT2D eigenvalue weighted by Crippen LogP contribution is -2.18. The SMILES string of the molecule is O=C(Cn1ccc2c(Cl)cccc21)Nc1ccccc1Br. The summed E-state index contributed by atoms with van der Waals surface area (Å²) in [6, 6.07) is 15.1. The van der Waals surface area contributed by atoms with Crippen LogP contribution in [0.1, 0.15) is 0 Å². The quantitative estimate of drug-likeness (QED) is 0.719. The largest absolute Gasteiger partial charge is 0.338 e. The summed E-state index contributed by atoms with van der Waals surface area (Å²) in [7, 11) is 0. The molecule has 0 aliphatic rings. The topological polar surface area (TPSA) is 34.0 Å². The number of hydrogen-bond donors (Lipinski definition) is 1. The Bertz CT molecular complexity index is 813. The molecule has 1 heterocycles. The molecule has 0 saturated heterocycles. The Balaban J connectivity index is 1.81. The molecule has 0 fully saturated rings. The normalized spacial score (nSPS) is 10.8. The molecule has 0 aliphatic carbocycles. The molecule has 3 rings (SSSR count). The van der Waals surface area contributed by atoms with Crippen molar-refractivity contribution in [3.05, 3.63) is 64.2 Å². The molecule has 3 nitrogen and oxygen atoms in total. The highest BCUT2D eigenvalue weighted by Crippen LogP contribution is 2.25. The van der Waals surface area contributed by atoms with Crippen molar-refractivity contribution in [2.75, 3.05) is 5.32 Å². The van der Waals surface area contributed by atoms with E-state index in [-0.39, 0.29) is 12.5 Å². The first kappa shape index (κ1) is 14.2. The van der Waals surface area contributed by atoms with Crippen LogP contribution in [0.25, 0.3) is 10.9 Å². The number of hydrogen-bond acceptors (Lipinski definition) is 1. The second kappa shape index (κ2) is 5.92. The first-order chi connectivity index (χ1) is 10.1. The summed E-state index contributed by atoms with van der Waals surface area (Å²) in [5, 5.41) is 4.53. The van der Waals surface area contributed by atoms with Crippen LogP contribution in [0, 0.1) is 0 Å². The van der Waals surface area contributed by atoms with E-state index in [1.54, 1.807) is 0 Å². The van der Waals surface area contributed by atoms with E-state index in [0.717, 1.165) is 21.1 Å². The summed E-state index contributed by atoms with van der Waals surface area (Å²) in [6.45, 7) is 0.241. The first-order valence-electron chi connectivity index (χ1n) is 6.43. The van der Waals surface area contributed by atoms with Crippen LogP contribution in [0.15, 0.2) is 59.2 Å². The molecular weight excluding hydrogens is 352 g/mol. The monoisotopic (exact) mass is 362 g/mol. The zero-order valence-corrected chi connectivity index (χ0v) is 13.4. The summed E-state index contributed by atoms with van der Waals surface area (Å²) in [5.74, 6) is -0.0839. The number of amides is 1. The van der Waals surface area contributed by atoms with E-state index in [2.05, 4.69) is 21.2 Å². The highest BCUT2D eigenvalue weighted by Gasteiger charge is 2.09. The van der Waals surface area contributed by atoms with Gasteiger partial charge >= 0.3 is 0 Å². The third kappa shape index (κ3) is 2.96. The molecule has 2 aromatic carbocycles. The number of anilines is 1. The van der Waals surface area contributed by atoms with Gasteiger partial charge in [0.1, 0.15) is 6.54 Å². The lowest BCUT2D eigenvalue weighted by molar-refractivity contribution is -0.116. The molecule has 21 heavy (non-hydrogen) atoms. The van der Waals surface area contributed by atoms with Gasteiger partial charge in [-0.2, -0.15) is 0 Å². The minimum absolute atomic E-state index is 0.0839. The highest BCUT2D eigenvalue weighted by atomic mass is 79.9. The summed E-state index contributed by atoms with van der Waals surface area (Å²) in [5.41, 5.74) is 1.71. The van der Waals surface area contributed by atoms with Crippen LogP contribution in [0.5, 0.6) is 0 Å². The predicted octanol–water partition coefficient (Wildman–Crippen LogP) is 4.70. The van der Waals surface area contributed by atoms with E-state index in [0.29, 0.717) is 5.02 Å². The molecule has 5 heteroatoms. The van der Waals surface area contributed by atoms with E-state index in [1.807, 2.05) is 59.3 Å². The molecule has 1 N–H and O–H groups in total. The minimum Gasteiger partial charge on any atom is -0.338 e. The van der Waals surface area contributed by atoms with Crippen molar-refractivity contribution >= 4 is 50.0 Å². The minimum atomic E-state index is -0.0839. The van der Waals surface area contributed by atoms with Crippen LogP contribution >= 0.6 is 27.5 Å². The third-order valence-electron chi connectivity index (χ3n) is 3.22. The summed E-state index contributed by atoms with van der Waals surface area (Å²) >= 11 is 9.55. The second-order valence-corrected chi connectivity index (χ2v) is 5.91. The molecule has 1 aromatic heterocycles. The zero-order valence-electron chi connectivity index (χ0n) is 11.0. The molecule has 0 bridgehead atoms. The third-order valence-corrected chi connectivity index (χ3v) is 4.24. The Hall–Kier alpha value is -1.78. The summed E-state index contributed by atoms with van der Waals surface area (Å²) < 4.78 is 2.74. The van der Waals surface area contributed by atoms with Gasteiger partial charge in [0.2, 0.25) is 5.91 Å². The van der Waals surface area contributed by atoms with Gasteiger partial charge in [0.15, 0.2) is 0 Å². The Morgan fingerprint density at radius 3 is 2.76 bits per heavy atom. The average molecular weight is 364 g/mol. The second-order valence-electron chi connectivity index (χ2n) is 4.64. The molecule has 0 unspecified atom stereocenters. The Morgan fingerprint density at radius 1 is 1.14 bits per heavy atom. The molecule has 0 radical (unpaired) electrons. The standard InChI is InChI=1S/C16H12BrClN2O/c17-12-4-1-2-6-14(12)19-16(21)10-20-9-8-11-13(18)5-3-7-15(11)20/h1-9H,10H2,(H,19,21). The van der Waals surface area contributed by atoms with Crippen molar-refractivity contribution in [2.45, 2.75) is 6.54 Å². The van der Waals surface area contributed by atoms with Crippen molar-refractivity contribution in [3.63, 3.8) is 0 Å². The maximum atomic E-state index is 12.2.